The Morgan fingerprint density at radius 1 is 1.42 bits per heavy atom. The first-order chi connectivity index (χ1) is 11.4. The van der Waals surface area contributed by atoms with E-state index in [-0.39, 0.29) is 18.8 Å². The van der Waals surface area contributed by atoms with Gasteiger partial charge >= 0.3 is 5.69 Å². The van der Waals surface area contributed by atoms with Gasteiger partial charge < -0.3 is 14.7 Å². The minimum Gasteiger partial charge on any atom is -0.389 e. The fourth-order valence-electron chi connectivity index (χ4n) is 2.62. The molecule has 0 radical (unpaired) electrons. The van der Waals surface area contributed by atoms with Crippen LogP contribution < -0.4 is 4.90 Å². The van der Waals surface area contributed by atoms with Gasteiger partial charge in [0.25, 0.3) is 0 Å². The maximum Gasteiger partial charge on any atom is 0.333 e. The van der Waals surface area contributed by atoms with Crippen LogP contribution in [-0.2, 0) is 18.4 Å². The van der Waals surface area contributed by atoms with E-state index in [0.717, 1.165) is 5.56 Å². The third kappa shape index (κ3) is 4.30. The van der Waals surface area contributed by atoms with Crippen molar-refractivity contribution in [3.8, 4) is 0 Å². The summed E-state index contributed by atoms with van der Waals surface area (Å²) in [7, 11) is 3.33. The van der Waals surface area contributed by atoms with E-state index in [1.165, 1.54) is 4.68 Å². The number of aliphatic hydroxyl groups excluding tert-OH is 1. The Balaban J connectivity index is 1.92. The Morgan fingerprint density at radius 3 is 2.71 bits per heavy atom. The first-order valence-corrected chi connectivity index (χ1v) is 7.59. The molecule has 0 fully saturated rings. The molecule has 0 aliphatic heterocycles. The molecular weight excluding hydrogens is 312 g/mol. The lowest BCUT2D eigenvalue weighted by Crippen LogP contribution is -2.33. The van der Waals surface area contributed by atoms with E-state index in [2.05, 4.69) is 5.10 Å². The summed E-state index contributed by atoms with van der Waals surface area (Å²) in [6.45, 7) is 2.35. The lowest BCUT2D eigenvalue weighted by Gasteiger charge is -2.21. The topological polar surface area (TPSA) is 93.7 Å². The van der Waals surface area contributed by atoms with Crippen LogP contribution in [0.15, 0.2) is 30.3 Å². The number of rotatable bonds is 8. The van der Waals surface area contributed by atoms with E-state index >= 15 is 0 Å². The Hall–Kier alpha value is -2.45. The fraction of sp³-hybridized carbons (Fsp3) is 0.438. The van der Waals surface area contributed by atoms with Crippen molar-refractivity contribution in [2.75, 3.05) is 25.1 Å². The van der Waals surface area contributed by atoms with Crippen LogP contribution in [0.2, 0.25) is 0 Å². The summed E-state index contributed by atoms with van der Waals surface area (Å²) in [5, 5.41) is 25.4. The van der Waals surface area contributed by atoms with Crippen molar-refractivity contribution in [3.05, 3.63) is 51.7 Å². The number of likely N-dealkylation sites (N-methyl/N-ethyl adjacent to an activating group) is 1. The molecule has 0 saturated carbocycles. The highest BCUT2D eigenvalue weighted by Gasteiger charge is 2.27. The van der Waals surface area contributed by atoms with Crippen molar-refractivity contribution in [1.82, 2.24) is 9.78 Å². The Morgan fingerprint density at radius 2 is 2.08 bits per heavy atom. The van der Waals surface area contributed by atoms with Gasteiger partial charge in [-0.3, -0.25) is 10.1 Å². The van der Waals surface area contributed by atoms with Gasteiger partial charge in [0.2, 0.25) is 5.82 Å². The first kappa shape index (κ1) is 17.9. The van der Waals surface area contributed by atoms with Crippen molar-refractivity contribution < 1.29 is 14.8 Å². The molecule has 1 aromatic carbocycles. The molecule has 1 N–H and O–H groups in total. The predicted molar refractivity (Wildman–Crippen MR) is 90.0 cm³/mol. The van der Waals surface area contributed by atoms with Crippen LogP contribution in [-0.4, -0.2) is 46.1 Å². The van der Waals surface area contributed by atoms with Gasteiger partial charge in [0, 0.05) is 20.6 Å². The fourth-order valence-corrected chi connectivity index (χ4v) is 2.62. The molecule has 0 bridgehead atoms. The molecule has 8 heteroatoms. The second kappa shape index (κ2) is 7.89. The van der Waals surface area contributed by atoms with Gasteiger partial charge in [-0.05, 0) is 12.5 Å². The van der Waals surface area contributed by atoms with E-state index in [9.17, 15) is 15.2 Å². The van der Waals surface area contributed by atoms with Crippen molar-refractivity contribution in [2.45, 2.75) is 19.6 Å². The van der Waals surface area contributed by atoms with Gasteiger partial charge in [-0.1, -0.05) is 30.3 Å². The summed E-state index contributed by atoms with van der Waals surface area (Å²) in [5.41, 5.74) is 1.33. The number of nitrogens with zero attached hydrogens (tertiary/aromatic N) is 4. The highest BCUT2D eigenvalue weighted by atomic mass is 16.6. The number of aryl methyl sites for hydroxylation is 2. The van der Waals surface area contributed by atoms with E-state index in [1.54, 1.807) is 25.9 Å². The Bertz CT molecular complexity index is 687. The molecule has 1 unspecified atom stereocenters. The quantitative estimate of drug-likeness (QED) is 0.583. The van der Waals surface area contributed by atoms with Crippen molar-refractivity contribution >= 4 is 11.5 Å². The largest absolute Gasteiger partial charge is 0.389 e. The molecule has 1 heterocycles. The van der Waals surface area contributed by atoms with Crippen LogP contribution in [0.25, 0.3) is 0 Å². The van der Waals surface area contributed by atoms with E-state index in [4.69, 9.17) is 4.74 Å². The summed E-state index contributed by atoms with van der Waals surface area (Å²) in [6.07, 6.45) is -0.770. The minimum absolute atomic E-state index is 0.0441. The molecule has 2 rings (SSSR count). The van der Waals surface area contributed by atoms with Gasteiger partial charge in [-0.2, -0.15) is 5.10 Å². The summed E-state index contributed by atoms with van der Waals surface area (Å²) >= 11 is 0. The molecule has 0 aliphatic rings. The van der Waals surface area contributed by atoms with Crippen LogP contribution in [0.4, 0.5) is 11.5 Å². The predicted octanol–water partition coefficient (Wildman–Crippen LogP) is 1.65. The zero-order valence-corrected chi connectivity index (χ0v) is 14.0. The van der Waals surface area contributed by atoms with Crippen LogP contribution in [0, 0.1) is 17.0 Å². The molecular formula is C16H22N4O4. The number of nitro groups is 1. The average Bonchev–Trinajstić information content (AvgIpc) is 2.82. The van der Waals surface area contributed by atoms with Gasteiger partial charge in [-0.15, -0.1) is 0 Å². The van der Waals surface area contributed by atoms with Gasteiger partial charge in [-0.25, -0.2) is 4.68 Å². The van der Waals surface area contributed by atoms with Crippen LogP contribution in [0.1, 0.15) is 11.3 Å². The lowest BCUT2D eigenvalue weighted by molar-refractivity contribution is -0.384. The van der Waals surface area contributed by atoms with Crippen molar-refractivity contribution in [2.24, 2.45) is 7.05 Å². The number of aromatic nitrogens is 2. The van der Waals surface area contributed by atoms with Gasteiger partial charge in [0.15, 0.2) is 0 Å². The van der Waals surface area contributed by atoms with Gasteiger partial charge in [0.1, 0.15) is 5.69 Å². The maximum absolute atomic E-state index is 11.2. The third-order valence-corrected chi connectivity index (χ3v) is 3.61. The number of anilines is 1. The molecule has 1 aromatic heterocycles. The van der Waals surface area contributed by atoms with Crippen LogP contribution in [0.5, 0.6) is 0 Å². The lowest BCUT2D eigenvalue weighted by atomic mass is 10.2. The summed E-state index contributed by atoms with van der Waals surface area (Å²) in [6, 6.07) is 9.66. The highest BCUT2D eigenvalue weighted by Crippen LogP contribution is 2.30. The zero-order chi connectivity index (χ0) is 17.7. The van der Waals surface area contributed by atoms with Crippen molar-refractivity contribution in [1.29, 1.82) is 0 Å². The number of benzene rings is 1. The van der Waals surface area contributed by atoms with Gasteiger partial charge in [0.05, 0.1) is 24.2 Å². The standard InChI is InChI=1S/C16H22N4O4/c1-12-15(20(22)23)16(19(3)17-12)18(2)9-14(21)11-24-10-13-7-5-4-6-8-13/h4-8,14,21H,9-11H2,1-3H3. The summed E-state index contributed by atoms with van der Waals surface area (Å²) < 4.78 is 6.95. The Labute approximate surface area is 140 Å². The normalized spacial score (nSPS) is 12.2. The van der Waals surface area contributed by atoms with E-state index < -0.39 is 11.0 Å². The number of hydrogen-bond acceptors (Lipinski definition) is 6. The maximum atomic E-state index is 11.2. The van der Waals surface area contributed by atoms with Crippen molar-refractivity contribution in [3.63, 3.8) is 0 Å². The number of hydrogen-bond donors (Lipinski definition) is 1. The summed E-state index contributed by atoms with van der Waals surface area (Å²) in [4.78, 5) is 12.4. The number of aliphatic hydroxyl groups is 1. The molecule has 0 spiro atoms. The molecule has 2 aromatic rings. The van der Waals surface area contributed by atoms with Crippen LogP contribution in [0.3, 0.4) is 0 Å². The summed E-state index contributed by atoms with van der Waals surface area (Å²) in [5.74, 6) is 0.361. The molecule has 130 valence electrons. The van der Waals surface area contributed by atoms with Crippen LogP contribution >= 0.6 is 0 Å². The third-order valence-electron chi connectivity index (χ3n) is 3.61. The first-order valence-electron chi connectivity index (χ1n) is 7.59. The highest BCUT2D eigenvalue weighted by molar-refractivity contribution is 5.60. The molecule has 0 amide bonds. The molecule has 8 nitrogen and oxygen atoms in total. The second-order valence-electron chi connectivity index (χ2n) is 5.67. The smallest absolute Gasteiger partial charge is 0.333 e. The Kier molecular flexibility index (Phi) is 5.88. The average molecular weight is 334 g/mol. The zero-order valence-electron chi connectivity index (χ0n) is 14.0. The minimum atomic E-state index is -0.770. The second-order valence-corrected chi connectivity index (χ2v) is 5.67. The molecule has 1 atom stereocenters. The molecule has 24 heavy (non-hydrogen) atoms. The monoisotopic (exact) mass is 334 g/mol. The molecule has 0 aliphatic carbocycles. The number of ether oxygens (including phenoxy) is 1. The SMILES string of the molecule is Cc1nn(C)c(N(C)CC(O)COCc2ccccc2)c1[N+](=O)[O-]. The van der Waals surface area contributed by atoms with E-state index in [1.807, 2.05) is 30.3 Å². The van der Waals surface area contributed by atoms with E-state index in [0.29, 0.717) is 18.1 Å². The molecule has 0 saturated heterocycles.